The molecule has 8 nitrogen and oxygen atoms in total. The lowest BCUT2D eigenvalue weighted by molar-refractivity contribution is -0.140. The number of dihydropyridines is 1. The molecule has 0 bridgehead atoms. The van der Waals surface area contributed by atoms with E-state index in [1.54, 1.807) is 45.0 Å². The molecule has 2 N–H and O–H groups in total. The second kappa shape index (κ2) is 9.95. The number of hydrogen-bond acceptors (Lipinski definition) is 7. The van der Waals surface area contributed by atoms with Gasteiger partial charge in [-0.15, -0.1) is 0 Å². The molecule has 0 radical (unpaired) electrons. The highest BCUT2D eigenvalue weighted by atomic mass is 79.9. The number of carbonyl (C=O) groups excluding carboxylic acids is 2. The smallest absolute Gasteiger partial charge is 0.341 e. The number of rotatable bonds is 8. The third kappa shape index (κ3) is 4.43. The van der Waals surface area contributed by atoms with Gasteiger partial charge in [-0.1, -0.05) is 24.3 Å². The van der Waals surface area contributed by atoms with E-state index in [0.29, 0.717) is 50.5 Å². The molecule has 1 atom stereocenters. The van der Waals surface area contributed by atoms with Crippen LogP contribution in [0.15, 0.2) is 57.7 Å². The molecule has 35 heavy (non-hydrogen) atoms. The van der Waals surface area contributed by atoms with Crippen molar-refractivity contribution in [1.29, 1.82) is 0 Å². The highest BCUT2D eigenvalue weighted by Crippen LogP contribution is 2.49. The number of nitrogens with one attached hydrogen (secondary N) is 1. The van der Waals surface area contributed by atoms with Crippen molar-refractivity contribution in [3.05, 3.63) is 74.4 Å². The number of carbonyl (C=O) groups is 3. The number of fused-ring (bicyclic) bond motifs is 2. The summed E-state index contributed by atoms with van der Waals surface area (Å²) < 4.78 is 17.0. The van der Waals surface area contributed by atoms with Crippen molar-refractivity contribution in [1.82, 2.24) is 5.32 Å². The molecule has 0 amide bonds. The van der Waals surface area contributed by atoms with Crippen LogP contribution in [0.4, 0.5) is 0 Å². The Hall–Kier alpha value is -3.59. The summed E-state index contributed by atoms with van der Waals surface area (Å²) in [5.41, 5.74) is 3.91. The van der Waals surface area contributed by atoms with Crippen LogP contribution >= 0.6 is 15.9 Å². The number of esters is 1. The normalized spacial score (nSPS) is 16.5. The zero-order valence-corrected chi connectivity index (χ0v) is 21.0. The largest absolute Gasteiger partial charge is 0.490 e. The van der Waals surface area contributed by atoms with Crippen LogP contribution < -0.4 is 14.8 Å². The second-order valence-electron chi connectivity index (χ2n) is 7.93. The van der Waals surface area contributed by atoms with Crippen LogP contribution in [0.5, 0.6) is 11.5 Å². The minimum absolute atomic E-state index is 0.178. The van der Waals surface area contributed by atoms with Gasteiger partial charge in [0.1, 0.15) is 0 Å². The Morgan fingerprint density at radius 2 is 1.80 bits per heavy atom. The number of Topliss-reactive ketones (excluding diaryl/α,β-unsaturated/α-hetero) is 1. The fourth-order valence-corrected chi connectivity index (χ4v) is 5.01. The van der Waals surface area contributed by atoms with E-state index in [4.69, 9.17) is 19.3 Å². The van der Waals surface area contributed by atoms with Crippen molar-refractivity contribution < 1.29 is 33.7 Å². The standard InChI is InChI=1S/C26H24BrNO7/c1-4-33-18-11-14(10-17(27)25(18)35-12-19(29)30)21-20(26(32)34-5-2)13(3)28-23-15-8-6-7-9-16(15)24(31)22(21)23/h6-11,21,28H,4-5,12H2,1-3H3,(H,29,30)/t21-/m0/s1. The zero-order valence-electron chi connectivity index (χ0n) is 19.4. The number of allylic oxidation sites excluding steroid dienone is 2. The van der Waals surface area contributed by atoms with E-state index in [1.807, 2.05) is 12.1 Å². The lowest BCUT2D eigenvalue weighted by Crippen LogP contribution is -2.29. The highest BCUT2D eigenvalue weighted by Gasteiger charge is 2.43. The lowest BCUT2D eigenvalue weighted by Gasteiger charge is -2.30. The van der Waals surface area contributed by atoms with Gasteiger partial charge in [-0.25, -0.2) is 9.59 Å². The van der Waals surface area contributed by atoms with Crippen LogP contribution in [0.3, 0.4) is 0 Å². The molecule has 0 fully saturated rings. The molecular formula is C26H24BrNO7. The summed E-state index contributed by atoms with van der Waals surface area (Å²) in [6.07, 6.45) is 0. The number of carboxylic acid groups (broad SMARTS) is 1. The lowest BCUT2D eigenvalue weighted by atomic mass is 9.79. The third-order valence-corrected chi connectivity index (χ3v) is 6.34. The number of ketones is 1. The molecule has 0 unspecified atom stereocenters. The Balaban J connectivity index is 1.91. The molecular weight excluding hydrogens is 518 g/mol. The van der Waals surface area contributed by atoms with Gasteiger partial charge in [-0.05, 0) is 54.4 Å². The first-order valence-electron chi connectivity index (χ1n) is 11.1. The Kier molecular flexibility index (Phi) is 6.98. The van der Waals surface area contributed by atoms with Gasteiger partial charge in [0.25, 0.3) is 0 Å². The van der Waals surface area contributed by atoms with Gasteiger partial charge >= 0.3 is 11.9 Å². The molecule has 0 saturated heterocycles. The summed E-state index contributed by atoms with van der Waals surface area (Å²) in [5, 5.41) is 12.3. The van der Waals surface area contributed by atoms with E-state index in [2.05, 4.69) is 21.2 Å². The molecule has 1 heterocycles. The number of carboxylic acids is 1. The van der Waals surface area contributed by atoms with Crippen LogP contribution in [0.25, 0.3) is 5.70 Å². The Morgan fingerprint density at radius 3 is 2.46 bits per heavy atom. The Labute approximate surface area is 210 Å². The quantitative estimate of drug-likeness (QED) is 0.471. The molecule has 0 spiro atoms. The van der Waals surface area contributed by atoms with Crippen molar-refractivity contribution in [3.63, 3.8) is 0 Å². The summed E-state index contributed by atoms with van der Waals surface area (Å²) in [4.78, 5) is 37.8. The van der Waals surface area contributed by atoms with E-state index in [1.165, 1.54) is 0 Å². The number of hydrogen-bond donors (Lipinski definition) is 2. The van der Waals surface area contributed by atoms with Gasteiger partial charge in [-0.3, -0.25) is 4.79 Å². The third-order valence-electron chi connectivity index (χ3n) is 5.75. The summed E-state index contributed by atoms with van der Waals surface area (Å²) in [7, 11) is 0. The zero-order chi connectivity index (χ0) is 25.3. The first kappa shape index (κ1) is 24.5. The van der Waals surface area contributed by atoms with Gasteiger partial charge in [0, 0.05) is 28.3 Å². The summed E-state index contributed by atoms with van der Waals surface area (Å²) in [5.74, 6) is -2.06. The first-order chi connectivity index (χ1) is 16.8. The molecule has 2 aromatic carbocycles. The first-order valence-corrected chi connectivity index (χ1v) is 11.9. The number of aliphatic carboxylic acids is 1. The maximum Gasteiger partial charge on any atom is 0.341 e. The predicted molar refractivity (Wildman–Crippen MR) is 131 cm³/mol. The SMILES string of the molecule is CCOC(=O)C1=C(C)NC2=C(C(=O)c3ccccc32)[C@H]1c1cc(Br)c(OCC(=O)O)c(OCC)c1. The molecule has 2 aromatic rings. The molecule has 182 valence electrons. The monoisotopic (exact) mass is 541 g/mol. The molecule has 0 saturated carbocycles. The highest BCUT2D eigenvalue weighted by molar-refractivity contribution is 9.10. The molecule has 0 aromatic heterocycles. The average molecular weight is 542 g/mol. The van der Waals surface area contributed by atoms with Crippen LogP contribution in [-0.2, 0) is 14.3 Å². The fraction of sp³-hybridized carbons (Fsp3) is 0.269. The van der Waals surface area contributed by atoms with E-state index >= 15 is 0 Å². The van der Waals surface area contributed by atoms with E-state index in [-0.39, 0.29) is 18.1 Å². The maximum absolute atomic E-state index is 13.6. The minimum Gasteiger partial charge on any atom is -0.490 e. The van der Waals surface area contributed by atoms with Crippen LogP contribution in [0, 0.1) is 0 Å². The van der Waals surface area contributed by atoms with Gasteiger partial charge in [-0.2, -0.15) is 0 Å². The van der Waals surface area contributed by atoms with E-state index in [9.17, 15) is 14.4 Å². The molecule has 1 aliphatic carbocycles. The summed E-state index contributed by atoms with van der Waals surface area (Å²) >= 11 is 3.46. The summed E-state index contributed by atoms with van der Waals surface area (Å²) in [6.45, 7) is 5.21. The van der Waals surface area contributed by atoms with Crippen molar-refractivity contribution in [2.24, 2.45) is 0 Å². The van der Waals surface area contributed by atoms with Crippen molar-refractivity contribution >= 4 is 39.3 Å². The van der Waals surface area contributed by atoms with Crippen molar-refractivity contribution in [2.75, 3.05) is 19.8 Å². The fourth-order valence-electron chi connectivity index (χ4n) is 4.43. The molecule has 2 aliphatic rings. The van der Waals surface area contributed by atoms with E-state index < -0.39 is 24.5 Å². The second-order valence-corrected chi connectivity index (χ2v) is 8.78. The van der Waals surface area contributed by atoms with Crippen molar-refractivity contribution in [3.8, 4) is 11.5 Å². The van der Waals surface area contributed by atoms with Gasteiger partial charge in [0.15, 0.2) is 23.9 Å². The Morgan fingerprint density at radius 1 is 1.09 bits per heavy atom. The molecule has 9 heteroatoms. The number of halogens is 1. The molecule has 4 rings (SSSR count). The van der Waals surface area contributed by atoms with Crippen molar-refractivity contribution in [2.45, 2.75) is 26.7 Å². The molecule has 1 aliphatic heterocycles. The van der Waals surface area contributed by atoms with Crippen LogP contribution in [0.1, 0.15) is 48.2 Å². The average Bonchev–Trinajstić information content (AvgIpc) is 3.09. The van der Waals surface area contributed by atoms with Crippen LogP contribution in [-0.4, -0.2) is 42.6 Å². The summed E-state index contributed by atoms with van der Waals surface area (Å²) in [6, 6.07) is 10.7. The van der Waals surface area contributed by atoms with E-state index in [0.717, 1.165) is 5.56 Å². The number of ether oxygens (including phenoxy) is 3. The minimum atomic E-state index is -1.13. The van der Waals surface area contributed by atoms with Gasteiger partial charge in [0.05, 0.1) is 29.0 Å². The topological polar surface area (TPSA) is 111 Å². The number of benzene rings is 2. The van der Waals surface area contributed by atoms with Gasteiger partial charge < -0.3 is 24.6 Å². The van der Waals surface area contributed by atoms with Gasteiger partial charge in [0.2, 0.25) is 0 Å². The Bertz CT molecular complexity index is 1290. The maximum atomic E-state index is 13.6. The predicted octanol–water partition coefficient (Wildman–Crippen LogP) is 4.44. The van der Waals surface area contributed by atoms with Crippen LogP contribution in [0.2, 0.25) is 0 Å².